The van der Waals surface area contributed by atoms with E-state index in [1.54, 1.807) is 34.4 Å². The Morgan fingerprint density at radius 1 is 1.27 bits per heavy atom. The Morgan fingerprint density at radius 3 is 2.77 bits per heavy atom. The number of ether oxygens (including phenoxy) is 1. The summed E-state index contributed by atoms with van der Waals surface area (Å²) in [7, 11) is 0. The average molecular weight is 434 g/mol. The molecular formula is C22H28FN3O3S. The van der Waals surface area contributed by atoms with Gasteiger partial charge in [0.1, 0.15) is 6.61 Å². The zero-order valence-electron chi connectivity index (χ0n) is 17.5. The van der Waals surface area contributed by atoms with E-state index >= 15 is 0 Å². The van der Waals surface area contributed by atoms with Crippen LogP contribution in [-0.2, 0) is 17.8 Å². The van der Waals surface area contributed by atoms with Gasteiger partial charge in [0.2, 0.25) is 5.91 Å². The van der Waals surface area contributed by atoms with Gasteiger partial charge in [0, 0.05) is 18.0 Å². The molecule has 0 aliphatic carbocycles. The van der Waals surface area contributed by atoms with E-state index in [1.165, 1.54) is 16.5 Å². The molecule has 0 fully saturated rings. The Kier molecular flexibility index (Phi) is 6.97. The van der Waals surface area contributed by atoms with Crippen molar-refractivity contribution in [3.05, 3.63) is 52.0 Å². The number of hydrogen-bond donors (Lipinski definition) is 2. The standard InChI is InChI=1S/C22H28FN3O3S/c1-22(2,3)19(14-29-17-7-5-4-6-16(17)23)25-21(28)24-12-20(27)26-10-8-18-15(13-26)9-11-30-18/h4-7,9,11,19H,8,10,12-14H2,1-3H3,(H2,24,25,28). The van der Waals surface area contributed by atoms with Gasteiger partial charge in [0.05, 0.1) is 12.6 Å². The number of para-hydroxylation sites is 1. The summed E-state index contributed by atoms with van der Waals surface area (Å²) in [5.41, 5.74) is 0.858. The molecule has 1 aliphatic heterocycles. The molecule has 0 bridgehead atoms. The minimum atomic E-state index is -0.450. The van der Waals surface area contributed by atoms with E-state index in [0.29, 0.717) is 13.1 Å². The summed E-state index contributed by atoms with van der Waals surface area (Å²) in [5.74, 6) is -0.422. The number of carbonyl (C=O) groups is 2. The van der Waals surface area contributed by atoms with Crippen LogP contribution in [0.15, 0.2) is 35.7 Å². The lowest BCUT2D eigenvalue weighted by molar-refractivity contribution is -0.130. The Hall–Kier alpha value is -2.61. The Balaban J connectivity index is 1.49. The molecule has 1 unspecified atom stereocenters. The lowest BCUT2D eigenvalue weighted by atomic mass is 9.87. The summed E-state index contributed by atoms with van der Waals surface area (Å²) in [4.78, 5) is 28.0. The van der Waals surface area contributed by atoms with Crippen LogP contribution < -0.4 is 15.4 Å². The van der Waals surface area contributed by atoms with Gasteiger partial charge in [-0.3, -0.25) is 4.79 Å². The van der Waals surface area contributed by atoms with Crippen molar-refractivity contribution in [3.8, 4) is 5.75 Å². The number of benzene rings is 1. The maximum Gasteiger partial charge on any atom is 0.315 e. The normalized spacial score (nSPS) is 14.6. The van der Waals surface area contributed by atoms with E-state index in [1.807, 2.05) is 32.2 Å². The molecule has 0 saturated carbocycles. The molecule has 0 saturated heterocycles. The van der Waals surface area contributed by atoms with Crippen molar-refractivity contribution in [2.45, 2.75) is 39.8 Å². The first-order valence-corrected chi connectivity index (χ1v) is 10.9. The maximum absolute atomic E-state index is 13.8. The summed E-state index contributed by atoms with van der Waals surface area (Å²) in [5, 5.41) is 7.53. The van der Waals surface area contributed by atoms with Crippen LogP contribution >= 0.6 is 11.3 Å². The SMILES string of the molecule is CC(C)(C)C(COc1ccccc1F)NC(=O)NCC(=O)N1CCc2sccc2C1. The second-order valence-corrected chi connectivity index (χ2v) is 9.42. The van der Waals surface area contributed by atoms with Gasteiger partial charge in [-0.15, -0.1) is 11.3 Å². The Labute approximate surface area is 180 Å². The van der Waals surface area contributed by atoms with Crippen molar-refractivity contribution < 1.29 is 18.7 Å². The number of urea groups is 1. The van der Waals surface area contributed by atoms with Crippen LogP contribution in [0.5, 0.6) is 5.75 Å². The minimum Gasteiger partial charge on any atom is -0.488 e. The number of halogens is 1. The van der Waals surface area contributed by atoms with Crippen LogP contribution in [0.1, 0.15) is 31.2 Å². The predicted octanol–water partition coefficient (Wildman–Crippen LogP) is 3.56. The van der Waals surface area contributed by atoms with Gasteiger partial charge in [-0.05, 0) is 41.0 Å². The highest BCUT2D eigenvalue weighted by Gasteiger charge is 2.28. The van der Waals surface area contributed by atoms with E-state index in [-0.39, 0.29) is 36.3 Å². The van der Waals surface area contributed by atoms with Gasteiger partial charge < -0.3 is 20.3 Å². The molecule has 1 aromatic carbocycles. The number of fused-ring (bicyclic) bond motifs is 1. The number of nitrogens with one attached hydrogen (secondary N) is 2. The first-order valence-electron chi connectivity index (χ1n) is 9.99. The zero-order chi connectivity index (χ0) is 21.7. The fraction of sp³-hybridized carbons (Fsp3) is 0.455. The summed E-state index contributed by atoms with van der Waals surface area (Å²) >= 11 is 1.72. The molecule has 3 amide bonds. The van der Waals surface area contributed by atoms with Crippen LogP contribution in [0.3, 0.4) is 0 Å². The molecule has 162 valence electrons. The van der Waals surface area contributed by atoms with E-state index in [4.69, 9.17) is 4.74 Å². The Morgan fingerprint density at radius 2 is 2.03 bits per heavy atom. The van der Waals surface area contributed by atoms with E-state index in [2.05, 4.69) is 10.6 Å². The predicted molar refractivity (Wildman–Crippen MR) is 115 cm³/mol. The lowest BCUT2D eigenvalue weighted by Gasteiger charge is -2.31. The fourth-order valence-corrected chi connectivity index (χ4v) is 4.07. The molecular weight excluding hydrogens is 405 g/mol. The van der Waals surface area contributed by atoms with Crippen molar-refractivity contribution in [1.29, 1.82) is 0 Å². The van der Waals surface area contributed by atoms with Gasteiger partial charge in [0.25, 0.3) is 0 Å². The molecule has 2 aromatic rings. The third kappa shape index (κ3) is 5.72. The monoisotopic (exact) mass is 433 g/mol. The number of rotatable bonds is 6. The number of hydrogen-bond acceptors (Lipinski definition) is 4. The first-order chi connectivity index (χ1) is 14.2. The van der Waals surface area contributed by atoms with Gasteiger partial charge in [-0.1, -0.05) is 32.9 Å². The van der Waals surface area contributed by atoms with Crippen LogP contribution in [0.25, 0.3) is 0 Å². The zero-order valence-corrected chi connectivity index (χ0v) is 18.4. The van der Waals surface area contributed by atoms with Crippen molar-refractivity contribution in [1.82, 2.24) is 15.5 Å². The fourth-order valence-electron chi connectivity index (χ4n) is 3.18. The molecule has 0 spiro atoms. The smallest absolute Gasteiger partial charge is 0.315 e. The van der Waals surface area contributed by atoms with Crippen LogP contribution in [0.4, 0.5) is 9.18 Å². The van der Waals surface area contributed by atoms with E-state index in [9.17, 15) is 14.0 Å². The van der Waals surface area contributed by atoms with Crippen LogP contribution in [0, 0.1) is 11.2 Å². The largest absolute Gasteiger partial charge is 0.488 e. The molecule has 1 atom stereocenters. The van der Waals surface area contributed by atoms with Crippen molar-refractivity contribution in [2.24, 2.45) is 5.41 Å². The Bertz CT molecular complexity index is 894. The highest BCUT2D eigenvalue weighted by atomic mass is 32.1. The lowest BCUT2D eigenvalue weighted by Crippen LogP contribution is -2.52. The molecule has 3 rings (SSSR count). The second-order valence-electron chi connectivity index (χ2n) is 8.42. The molecule has 1 aliphatic rings. The van der Waals surface area contributed by atoms with Gasteiger partial charge >= 0.3 is 6.03 Å². The van der Waals surface area contributed by atoms with Crippen LogP contribution in [0.2, 0.25) is 0 Å². The maximum atomic E-state index is 13.8. The molecule has 2 N–H and O–H groups in total. The summed E-state index contributed by atoms with van der Waals surface area (Å²) in [6.45, 7) is 7.16. The quantitative estimate of drug-likeness (QED) is 0.732. The van der Waals surface area contributed by atoms with Gasteiger partial charge in [-0.2, -0.15) is 0 Å². The highest BCUT2D eigenvalue weighted by molar-refractivity contribution is 7.10. The average Bonchev–Trinajstić information content (AvgIpc) is 3.17. The van der Waals surface area contributed by atoms with E-state index in [0.717, 1.165) is 6.42 Å². The minimum absolute atomic E-state index is 0.0731. The summed E-state index contributed by atoms with van der Waals surface area (Å²) in [6, 6.07) is 7.37. The first kappa shape index (κ1) is 22.1. The van der Waals surface area contributed by atoms with Crippen molar-refractivity contribution in [2.75, 3.05) is 19.7 Å². The van der Waals surface area contributed by atoms with Gasteiger partial charge in [0.15, 0.2) is 11.6 Å². The number of amides is 3. The van der Waals surface area contributed by atoms with Crippen molar-refractivity contribution in [3.63, 3.8) is 0 Å². The molecule has 1 aromatic heterocycles. The van der Waals surface area contributed by atoms with Crippen molar-refractivity contribution >= 4 is 23.3 Å². The molecule has 0 radical (unpaired) electrons. The third-order valence-electron chi connectivity index (χ3n) is 5.15. The number of nitrogens with zero attached hydrogens (tertiary/aromatic N) is 1. The number of carbonyl (C=O) groups excluding carboxylic acids is 2. The number of thiophene rings is 1. The van der Waals surface area contributed by atoms with Crippen LogP contribution in [-0.4, -0.2) is 42.6 Å². The molecule has 8 heteroatoms. The molecule has 30 heavy (non-hydrogen) atoms. The van der Waals surface area contributed by atoms with Gasteiger partial charge in [-0.25, -0.2) is 9.18 Å². The topological polar surface area (TPSA) is 70.7 Å². The highest BCUT2D eigenvalue weighted by Crippen LogP contribution is 2.24. The summed E-state index contributed by atoms with van der Waals surface area (Å²) in [6.07, 6.45) is 0.852. The third-order valence-corrected chi connectivity index (χ3v) is 6.18. The molecule has 2 heterocycles. The summed E-state index contributed by atoms with van der Waals surface area (Å²) < 4.78 is 19.4. The van der Waals surface area contributed by atoms with E-state index < -0.39 is 11.8 Å². The molecule has 6 nitrogen and oxygen atoms in total. The second kappa shape index (κ2) is 9.47.